The maximum atomic E-state index is 13.0. The summed E-state index contributed by atoms with van der Waals surface area (Å²) in [7, 11) is 6.35. The molecular formula is C16H29FN4. The molecule has 1 atom stereocenters. The minimum absolute atomic E-state index is 0.187. The van der Waals surface area contributed by atoms with Crippen LogP contribution in [0.25, 0.3) is 0 Å². The fourth-order valence-corrected chi connectivity index (χ4v) is 2.31. The number of halogens is 1. The predicted molar refractivity (Wildman–Crippen MR) is 85.9 cm³/mol. The number of nitrogens with zero attached hydrogens (tertiary/aromatic N) is 3. The Labute approximate surface area is 128 Å². The van der Waals surface area contributed by atoms with Crippen molar-refractivity contribution in [1.29, 1.82) is 0 Å². The van der Waals surface area contributed by atoms with E-state index >= 15 is 0 Å². The molecule has 120 valence electrons. The molecule has 0 saturated heterocycles. The van der Waals surface area contributed by atoms with Crippen molar-refractivity contribution in [2.45, 2.75) is 25.8 Å². The molecule has 1 unspecified atom stereocenters. The van der Waals surface area contributed by atoms with E-state index < -0.39 is 0 Å². The Balaban J connectivity index is 2.42. The molecule has 4 nitrogen and oxygen atoms in total. The van der Waals surface area contributed by atoms with Crippen LogP contribution in [0.4, 0.5) is 4.39 Å². The van der Waals surface area contributed by atoms with E-state index in [1.165, 1.54) is 18.7 Å². The summed E-state index contributed by atoms with van der Waals surface area (Å²) in [5.41, 5.74) is 0.917. The SMILES string of the molecule is CCNC(CCN(C)CCCN(C)C)c1ccc(F)cn1. The topological polar surface area (TPSA) is 31.4 Å². The molecular weight excluding hydrogens is 267 g/mol. The normalized spacial score (nSPS) is 13.1. The van der Waals surface area contributed by atoms with Gasteiger partial charge in [-0.1, -0.05) is 6.92 Å². The van der Waals surface area contributed by atoms with Crippen LogP contribution in [0, 0.1) is 5.82 Å². The Morgan fingerprint density at radius 2 is 1.95 bits per heavy atom. The van der Waals surface area contributed by atoms with Gasteiger partial charge in [0.25, 0.3) is 0 Å². The van der Waals surface area contributed by atoms with Crippen LogP contribution in [0.2, 0.25) is 0 Å². The number of aromatic nitrogens is 1. The zero-order valence-corrected chi connectivity index (χ0v) is 13.8. The van der Waals surface area contributed by atoms with Gasteiger partial charge in [0.1, 0.15) is 5.82 Å². The summed E-state index contributed by atoms with van der Waals surface area (Å²) in [6, 6.07) is 3.44. The van der Waals surface area contributed by atoms with Gasteiger partial charge in [-0.3, -0.25) is 4.98 Å². The molecule has 1 N–H and O–H groups in total. The van der Waals surface area contributed by atoms with Gasteiger partial charge in [0.2, 0.25) is 0 Å². The molecule has 0 spiro atoms. The largest absolute Gasteiger partial charge is 0.309 e. The van der Waals surface area contributed by atoms with Crippen LogP contribution < -0.4 is 5.32 Å². The number of nitrogens with one attached hydrogen (secondary N) is 1. The number of pyridine rings is 1. The first-order chi connectivity index (χ1) is 10.0. The molecule has 0 saturated carbocycles. The van der Waals surface area contributed by atoms with Gasteiger partial charge >= 0.3 is 0 Å². The van der Waals surface area contributed by atoms with Crippen molar-refractivity contribution >= 4 is 0 Å². The van der Waals surface area contributed by atoms with E-state index in [1.54, 1.807) is 6.07 Å². The van der Waals surface area contributed by atoms with Gasteiger partial charge in [-0.2, -0.15) is 0 Å². The smallest absolute Gasteiger partial charge is 0.141 e. The van der Waals surface area contributed by atoms with Crippen molar-refractivity contribution in [2.75, 3.05) is 47.3 Å². The zero-order chi connectivity index (χ0) is 15.7. The molecule has 1 aromatic rings. The molecule has 1 rings (SSSR count). The molecule has 21 heavy (non-hydrogen) atoms. The van der Waals surface area contributed by atoms with Gasteiger partial charge in [-0.15, -0.1) is 0 Å². The highest BCUT2D eigenvalue weighted by Gasteiger charge is 2.12. The van der Waals surface area contributed by atoms with Crippen molar-refractivity contribution in [3.05, 3.63) is 29.8 Å². The maximum Gasteiger partial charge on any atom is 0.141 e. The third-order valence-corrected chi connectivity index (χ3v) is 3.50. The van der Waals surface area contributed by atoms with Crippen molar-refractivity contribution in [3.63, 3.8) is 0 Å². The van der Waals surface area contributed by atoms with E-state index in [4.69, 9.17) is 0 Å². The molecule has 0 aliphatic rings. The highest BCUT2D eigenvalue weighted by Crippen LogP contribution is 2.15. The van der Waals surface area contributed by atoms with Gasteiger partial charge in [0, 0.05) is 0 Å². The summed E-state index contributed by atoms with van der Waals surface area (Å²) >= 11 is 0. The Hall–Kier alpha value is -1.04. The Kier molecular flexibility index (Phi) is 8.42. The highest BCUT2D eigenvalue weighted by molar-refractivity contribution is 5.09. The van der Waals surface area contributed by atoms with Crippen LogP contribution in [-0.2, 0) is 0 Å². The van der Waals surface area contributed by atoms with Crippen LogP contribution in [-0.4, -0.2) is 62.1 Å². The van der Waals surface area contributed by atoms with Crippen LogP contribution in [0.3, 0.4) is 0 Å². The van der Waals surface area contributed by atoms with Gasteiger partial charge < -0.3 is 15.1 Å². The van der Waals surface area contributed by atoms with E-state index in [9.17, 15) is 4.39 Å². The lowest BCUT2D eigenvalue weighted by Crippen LogP contribution is -2.29. The molecule has 1 aromatic heterocycles. The summed E-state index contributed by atoms with van der Waals surface area (Å²) in [6.07, 6.45) is 3.44. The van der Waals surface area contributed by atoms with E-state index in [0.717, 1.165) is 38.3 Å². The molecule has 0 fully saturated rings. The van der Waals surface area contributed by atoms with E-state index in [0.29, 0.717) is 0 Å². The number of hydrogen-bond acceptors (Lipinski definition) is 4. The third-order valence-electron chi connectivity index (χ3n) is 3.50. The van der Waals surface area contributed by atoms with Crippen molar-refractivity contribution in [1.82, 2.24) is 20.1 Å². The van der Waals surface area contributed by atoms with Crippen LogP contribution in [0.1, 0.15) is 31.5 Å². The highest BCUT2D eigenvalue weighted by atomic mass is 19.1. The van der Waals surface area contributed by atoms with Crippen molar-refractivity contribution in [3.8, 4) is 0 Å². The van der Waals surface area contributed by atoms with Crippen molar-refractivity contribution in [2.24, 2.45) is 0 Å². The Morgan fingerprint density at radius 3 is 2.52 bits per heavy atom. The van der Waals surface area contributed by atoms with Crippen LogP contribution in [0.15, 0.2) is 18.3 Å². The first kappa shape index (κ1) is 18.0. The fourth-order valence-electron chi connectivity index (χ4n) is 2.31. The molecule has 0 aromatic carbocycles. The molecule has 0 aliphatic heterocycles. The first-order valence-electron chi connectivity index (χ1n) is 7.71. The van der Waals surface area contributed by atoms with E-state index in [1.807, 2.05) is 0 Å². The molecule has 0 amide bonds. The van der Waals surface area contributed by atoms with Crippen molar-refractivity contribution < 1.29 is 4.39 Å². The second kappa shape index (κ2) is 9.82. The molecule has 0 radical (unpaired) electrons. The Morgan fingerprint density at radius 1 is 1.19 bits per heavy atom. The lowest BCUT2D eigenvalue weighted by atomic mass is 10.1. The van der Waals surface area contributed by atoms with Gasteiger partial charge in [0.05, 0.1) is 17.9 Å². The predicted octanol–water partition coefficient (Wildman–Crippen LogP) is 2.14. The second-order valence-corrected chi connectivity index (χ2v) is 5.76. The monoisotopic (exact) mass is 296 g/mol. The lowest BCUT2D eigenvalue weighted by Gasteiger charge is -2.22. The number of hydrogen-bond donors (Lipinski definition) is 1. The summed E-state index contributed by atoms with van der Waals surface area (Å²) in [6.45, 7) is 6.17. The van der Waals surface area contributed by atoms with Crippen LogP contribution in [0.5, 0.6) is 0 Å². The second-order valence-electron chi connectivity index (χ2n) is 5.76. The lowest BCUT2D eigenvalue weighted by molar-refractivity contribution is 0.283. The first-order valence-corrected chi connectivity index (χ1v) is 7.71. The average molecular weight is 296 g/mol. The average Bonchev–Trinajstić information content (AvgIpc) is 2.44. The molecule has 1 heterocycles. The summed E-state index contributed by atoms with van der Waals surface area (Å²) < 4.78 is 13.0. The van der Waals surface area contributed by atoms with Gasteiger partial charge in [-0.25, -0.2) is 4.39 Å². The minimum Gasteiger partial charge on any atom is -0.309 e. The molecule has 0 bridgehead atoms. The molecule has 5 heteroatoms. The third kappa shape index (κ3) is 7.50. The zero-order valence-electron chi connectivity index (χ0n) is 13.8. The fraction of sp³-hybridized carbons (Fsp3) is 0.688. The minimum atomic E-state index is -0.283. The molecule has 0 aliphatic carbocycles. The number of rotatable bonds is 10. The Bertz CT molecular complexity index is 380. The van der Waals surface area contributed by atoms with E-state index in [2.05, 4.69) is 48.2 Å². The van der Waals surface area contributed by atoms with E-state index in [-0.39, 0.29) is 11.9 Å². The standard InChI is InChI=1S/C16H29FN4/c1-5-18-16(15-8-7-14(17)13-19-15)9-12-21(4)11-6-10-20(2)3/h7-8,13,16,18H,5-6,9-12H2,1-4H3. The quantitative estimate of drug-likeness (QED) is 0.717. The summed E-state index contributed by atoms with van der Waals surface area (Å²) in [5.74, 6) is -0.283. The maximum absolute atomic E-state index is 13.0. The van der Waals surface area contributed by atoms with Gasteiger partial charge in [-0.05, 0) is 72.3 Å². The van der Waals surface area contributed by atoms with Gasteiger partial charge in [0.15, 0.2) is 0 Å². The van der Waals surface area contributed by atoms with Crippen LogP contribution >= 0.6 is 0 Å². The summed E-state index contributed by atoms with van der Waals surface area (Å²) in [5, 5.41) is 3.43. The summed E-state index contributed by atoms with van der Waals surface area (Å²) in [4.78, 5) is 8.75.